The molecule has 22 heavy (non-hydrogen) atoms. The van der Waals surface area contributed by atoms with Gasteiger partial charge in [0.1, 0.15) is 0 Å². The van der Waals surface area contributed by atoms with Crippen molar-refractivity contribution in [3.63, 3.8) is 0 Å². The number of hydrogen-bond donors (Lipinski definition) is 1. The largest absolute Gasteiger partial charge is 0.472 e. The van der Waals surface area contributed by atoms with Gasteiger partial charge < -0.3 is 9.52 Å². The third kappa shape index (κ3) is 8.68. The van der Waals surface area contributed by atoms with E-state index in [1.807, 2.05) is 19.3 Å². The molecule has 0 spiro atoms. The summed E-state index contributed by atoms with van der Waals surface area (Å²) in [7, 11) is 0. The van der Waals surface area contributed by atoms with Gasteiger partial charge in [-0.2, -0.15) is 0 Å². The second-order valence-corrected chi connectivity index (χ2v) is 6.15. The fraction of sp³-hybridized carbons (Fsp3) is 0.500. The van der Waals surface area contributed by atoms with E-state index in [0.29, 0.717) is 5.92 Å². The molecule has 0 saturated carbocycles. The Labute approximate surface area is 135 Å². The van der Waals surface area contributed by atoms with Crippen LogP contribution in [0.1, 0.15) is 52.0 Å². The Bertz CT molecular complexity index is 478. The van der Waals surface area contributed by atoms with E-state index in [1.54, 1.807) is 6.26 Å². The summed E-state index contributed by atoms with van der Waals surface area (Å²) in [6.07, 6.45) is 17.9. The molecule has 0 fully saturated rings. The van der Waals surface area contributed by atoms with Crippen LogP contribution in [0.2, 0.25) is 0 Å². The number of hydrogen-bond acceptors (Lipinski definition) is 2. The van der Waals surface area contributed by atoms with Crippen molar-refractivity contribution >= 4 is 0 Å². The van der Waals surface area contributed by atoms with Gasteiger partial charge >= 0.3 is 0 Å². The lowest BCUT2D eigenvalue weighted by Gasteiger charge is -2.04. The lowest BCUT2D eigenvalue weighted by atomic mass is 10.0. The maximum atomic E-state index is 8.94. The van der Waals surface area contributed by atoms with Crippen LogP contribution in [0, 0.1) is 5.92 Å². The van der Waals surface area contributed by atoms with Gasteiger partial charge in [0.2, 0.25) is 0 Å². The molecule has 1 rings (SSSR count). The third-order valence-corrected chi connectivity index (χ3v) is 3.80. The highest BCUT2D eigenvalue weighted by molar-refractivity contribution is 5.12. The molecule has 1 aromatic rings. The first-order chi connectivity index (χ1) is 10.6. The van der Waals surface area contributed by atoms with Gasteiger partial charge in [-0.15, -0.1) is 0 Å². The van der Waals surface area contributed by atoms with E-state index in [-0.39, 0.29) is 6.61 Å². The van der Waals surface area contributed by atoms with Crippen molar-refractivity contribution in [2.75, 3.05) is 6.61 Å². The number of aliphatic hydroxyl groups excluding tert-OH is 1. The van der Waals surface area contributed by atoms with E-state index in [4.69, 9.17) is 9.52 Å². The van der Waals surface area contributed by atoms with Crippen LogP contribution in [-0.4, -0.2) is 11.7 Å². The van der Waals surface area contributed by atoms with Crippen LogP contribution in [0.3, 0.4) is 0 Å². The normalized spacial score (nSPS) is 14.7. The van der Waals surface area contributed by atoms with Crippen molar-refractivity contribution in [3.05, 3.63) is 59.6 Å². The highest BCUT2D eigenvalue weighted by Gasteiger charge is 1.97. The van der Waals surface area contributed by atoms with Crippen LogP contribution in [0.25, 0.3) is 0 Å². The second kappa shape index (κ2) is 11.1. The third-order valence-electron chi connectivity index (χ3n) is 3.80. The molecule has 0 aliphatic carbocycles. The van der Waals surface area contributed by atoms with Gasteiger partial charge in [0.05, 0.1) is 19.1 Å². The Hall–Kier alpha value is -1.54. The molecular formula is C20H30O2. The number of rotatable bonds is 10. The molecule has 0 bridgehead atoms. The smallest absolute Gasteiger partial charge is 0.0934 e. The Morgan fingerprint density at radius 1 is 1.32 bits per heavy atom. The molecule has 1 heterocycles. The number of furan rings is 1. The predicted molar refractivity (Wildman–Crippen MR) is 93.8 cm³/mol. The number of allylic oxidation sites excluding steroid dienone is 5. The van der Waals surface area contributed by atoms with Gasteiger partial charge in [-0.05, 0) is 63.5 Å². The maximum absolute atomic E-state index is 8.94. The van der Waals surface area contributed by atoms with E-state index in [2.05, 4.69) is 38.2 Å². The zero-order valence-electron chi connectivity index (χ0n) is 14.2. The van der Waals surface area contributed by atoms with Crippen LogP contribution in [-0.2, 0) is 6.42 Å². The average Bonchev–Trinajstić information content (AvgIpc) is 3.00. The Balaban J connectivity index is 2.20. The zero-order valence-corrected chi connectivity index (χ0v) is 14.2. The van der Waals surface area contributed by atoms with Crippen molar-refractivity contribution in [1.82, 2.24) is 0 Å². The molecule has 122 valence electrons. The minimum absolute atomic E-state index is 0.172. The quantitative estimate of drug-likeness (QED) is 0.460. The second-order valence-electron chi connectivity index (χ2n) is 6.15. The van der Waals surface area contributed by atoms with E-state index in [0.717, 1.165) is 37.7 Å². The summed E-state index contributed by atoms with van der Waals surface area (Å²) in [5.74, 6) is 0.567. The fourth-order valence-electron chi connectivity index (χ4n) is 2.25. The Morgan fingerprint density at radius 2 is 2.14 bits per heavy atom. The molecule has 2 heteroatoms. The molecule has 1 aromatic heterocycles. The van der Waals surface area contributed by atoms with Gasteiger partial charge in [-0.25, -0.2) is 0 Å². The van der Waals surface area contributed by atoms with E-state index >= 15 is 0 Å². The Morgan fingerprint density at radius 3 is 2.82 bits per heavy atom. The minimum atomic E-state index is 0.172. The van der Waals surface area contributed by atoms with Crippen molar-refractivity contribution in [2.45, 2.75) is 52.9 Å². The summed E-state index contributed by atoms with van der Waals surface area (Å²) >= 11 is 0. The van der Waals surface area contributed by atoms with Gasteiger partial charge in [0.15, 0.2) is 0 Å². The van der Waals surface area contributed by atoms with E-state index in [9.17, 15) is 0 Å². The van der Waals surface area contributed by atoms with Crippen LogP contribution in [0.5, 0.6) is 0 Å². The summed E-state index contributed by atoms with van der Waals surface area (Å²) in [5.41, 5.74) is 3.76. The standard InChI is InChI=1S/C20H30O2/c1-17(9-5-11-19(3)15-21)7-4-8-18(2)10-6-12-20-13-14-22-16-20/h4,7-8,11,13-14,16-17,21H,5-6,9-10,12,15H2,1-3H3/b7-4+,18-8+,19-11+. The molecule has 0 amide bonds. The Kier molecular flexibility index (Phi) is 9.33. The van der Waals surface area contributed by atoms with Crippen LogP contribution in [0.4, 0.5) is 0 Å². The summed E-state index contributed by atoms with van der Waals surface area (Å²) in [5, 5.41) is 8.94. The van der Waals surface area contributed by atoms with Crippen molar-refractivity contribution < 1.29 is 9.52 Å². The van der Waals surface area contributed by atoms with Gasteiger partial charge in [-0.1, -0.05) is 42.4 Å². The predicted octanol–water partition coefficient (Wildman–Crippen LogP) is 5.46. The average molecular weight is 302 g/mol. The monoisotopic (exact) mass is 302 g/mol. The molecule has 0 aromatic carbocycles. The highest BCUT2D eigenvalue weighted by Crippen LogP contribution is 2.12. The van der Waals surface area contributed by atoms with Gasteiger partial charge in [-0.3, -0.25) is 0 Å². The fourth-order valence-corrected chi connectivity index (χ4v) is 2.25. The summed E-state index contributed by atoms with van der Waals surface area (Å²) in [6, 6.07) is 2.04. The highest BCUT2D eigenvalue weighted by atomic mass is 16.3. The lowest BCUT2D eigenvalue weighted by molar-refractivity contribution is 0.330. The molecule has 0 radical (unpaired) electrons. The maximum Gasteiger partial charge on any atom is 0.0934 e. The van der Waals surface area contributed by atoms with E-state index in [1.165, 1.54) is 11.1 Å². The molecule has 0 saturated heterocycles. The molecule has 0 aliphatic rings. The molecule has 1 atom stereocenters. The summed E-state index contributed by atoms with van der Waals surface area (Å²) in [4.78, 5) is 0. The number of aryl methyl sites for hydroxylation is 1. The summed E-state index contributed by atoms with van der Waals surface area (Å²) < 4.78 is 5.07. The first-order valence-corrected chi connectivity index (χ1v) is 8.23. The SMILES string of the molecule is C/C(=C\CCC(C)/C=C/C=C(\C)CCCc1ccoc1)CO. The lowest BCUT2D eigenvalue weighted by Crippen LogP contribution is -1.90. The van der Waals surface area contributed by atoms with Crippen molar-refractivity contribution in [3.8, 4) is 0 Å². The molecular weight excluding hydrogens is 272 g/mol. The number of aliphatic hydroxyl groups is 1. The van der Waals surface area contributed by atoms with Gasteiger partial charge in [0.25, 0.3) is 0 Å². The summed E-state index contributed by atoms with van der Waals surface area (Å²) in [6.45, 7) is 6.57. The van der Waals surface area contributed by atoms with Crippen molar-refractivity contribution in [1.29, 1.82) is 0 Å². The zero-order chi connectivity index (χ0) is 16.2. The first kappa shape index (κ1) is 18.5. The van der Waals surface area contributed by atoms with Crippen LogP contribution < -0.4 is 0 Å². The van der Waals surface area contributed by atoms with Crippen LogP contribution in [0.15, 0.2) is 58.5 Å². The first-order valence-electron chi connectivity index (χ1n) is 8.23. The van der Waals surface area contributed by atoms with E-state index < -0.39 is 0 Å². The topological polar surface area (TPSA) is 33.4 Å². The van der Waals surface area contributed by atoms with Crippen LogP contribution >= 0.6 is 0 Å². The molecule has 2 nitrogen and oxygen atoms in total. The minimum Gasteiger partial charge on any atom is -0.472 e. The molecule has 1 unspecified atom stereocenters. The molecule has 1 N–H and O–H groups in total. The molecule has 0 aliphatic heterocycles. The van der Waals surface area contributed by atoms with Gasteiger partial charge in [0, 0.05) is 0 Å². The van der Waals surface area contributed by atoms with Crippen molar-refractivity contribution in [2.24, 2.45) is 5.92 Å².